The fourth-order valence-corrected chi connectivity index (χ4v) is 4.99. The lowest BCUT2D eigenvalue weighted by molar-refractivity contribution is 0.136. The molecule has 0 radical (unpaired) electrons. The number of nitrogens with zero attached hydrogens (tertiary/aromatic N) is 3. The molecular weight excluding hydrogens is 390 g/mol. The second kappa shape index (κ2) is 7.36. The quantitative estimate of drug-likeness (QED) is 0.711. The van der Waals surface area contributed by atoms with Crippen LogP contribution in [-0.4, -0.2) is 55.2 Å². The van der Waals surface area contributed by atoms with Crippen molar-refractivity contribution in [3.05, 3.63) is 60.8 Å². The molecule has 3 aromatic rings. The molecule has 1 atom stereocenters. The second-order valence-corrected chi connectivity index (χ2v) is 9.06. The minimum atomic E-state index is -3.64. The summed E-state index contributed by atoms with van der Waals surface area (Å²) in [7, 11) is -3.64. The van der Waals surface area contributed by atoms with Crippen molar-refractivity contribution in [1.82, 2.24) is 9.88 Å². The molecule has 8 heteroatoms. The summed E-state index contributed by atoms with van der Waals surface area (Å²) < 4.78 is 25.8. The number of anilines is 1. The summed E-state index contributed by atoms with van der Waals surface area (Å²) in [6.45, 7) is 3.35. The number of hydrogen-bond donors (Lipinski definition) is 1. The van der Waals surface area contributed by atoms with Crippen LogP contribution in [0.4, 0.5) is 10.5 Å². The van der Waals surface area contributed by atoms with Gasteiger partial charge in [0, 0.05) is 37.3 Å². The Labute approximate surface area is 169 Å². The molecule has 1 fully saturated rings. The van der Waals surface area contributed by atoms with E-state index < -0.39 is 15.9 Å². The fraction of sp³-hybridized carbons (Fsp3) is 0.238. The highest BCUT2D eigenvalue weighted by Crippen LogP contribution is 2.30. The molecule has 0 unspecified atom stereocenters. The van der Waals surface area contributed by atoms with Crippen molar-refractivity contribution in [2.45, 2.75) is 22.8 Å². The van der Waals surface area contributed by atoms with Gasteiger partial charge in [0.25, 0.3) is 0 Å². The van der Waals surface area contributed by atoms with Gasteiger partial charge in [-0.2, -0.15) is 0 Å². The van der Waals surface area contributed by atoms with Crippen LogP contribution in [0, 0.1) is 0 Å². The Bertz CT molecular complexity index is 1170. The van der Waals surface area contributed by atoms with E-state index in [2.05, 4.69) is 9.88 Å². The number of carbonyl (C=O) groups is 1. The first-order chi connectivity index (χ1) is 13.9. The molecule has 150 valence electrons. The Balaban J connectivity index is 1.72. The lowest BCUT2D eigenvalue weighted by atomic mass is 10.1. The Morgan fingerprint density at radius 2 is 1.83 bits per heavy atom. The van der Waals surface area contributed by atoms with Gasteiger partial charge >= 0.3 is 6.09 Å². The molecular formula is C21H21N3O4S. The van der Waals surface area contributed by atoms with Crippen molar-refractivity contribution < 1.29 is 18.3 Å². The van der Waals surface area contributed by atoms with Crippen LogP contribution in [0.1, 0.15) is 6.92 Å². The predicted octanol–water partition coefficient (Wildman–Crippen LogP) is 3.26. The number of benzene rings is 2. The van der Waals surface area contributed by atoms with Crippen LogP contribution >= 0.6 is 0 Å². The van der Waals surface area contributed by atoms with Crippen LogP contribution in [0.25, 0.3) is 10.9 Å². The zero-order valence-corrected chi connectivity index (χ0v) is 16.7. The Hall–Kier alpha value is -3.13. The molecule has 0 saturated carbocycles. The summed E-state index contributed by atoms with van der Waals surface area (Å²) in [4.78, 5) is 19.6. The first-order valence-corrected chi connectivity index (χ1v) is 10.8. The molecule has 1 N–H and O–H groups in total. The van der Waals surface area contributed by atoms with Gasteiger partial charge in [-0.1, -0.05) is 30.3 Å². The third kappa shape index (κ3) is 3.51. The molecule has 2 heterocycles. The first-order valence-electron chi connectivity index (χ1n) is 9.31. The molecule has 1 amide bonds. The van der Waals surface area contributed by atoms with Gasteiger partial charge in [-0.25, -0.2) is 13.2 Å². The van der Waals surface area contributed by atoms with Gasteiger partial charge < -0.3 is 14.9 Å². The summed E-state index contributed by atoms with van der Waals surface area (Å²) in [5.74, 6) is 0. The predicted molar refractivity (Wildman–Crippen MR) is 110 cm³/mol. The number of fused-ring (bicyclic) bond motifs is 1. The molecule has 1 aliphatic rings. The van der Waals surface area contributed by atoms with Crippen molar-refractivity contribution in [1.29, 1.82) is 0 Å². The summed E-state index contributed by atoms with van der Waals surface area (Å²) >= 11 is 0. The van der Waals surface area contributed by atoms with Gasteiger partial charge in [0.1, 0.15) is 0 Å². The van der Waals surface area contributed by atoms with E-state index in [0.29, 0.717) is 25.2 Å². The summed E-state index contributed by atoms with van der Waals surface area (Å²) in [6, 6.07) is 15.6. The lowest BCUT2D eigenvalue weighted by Crippen LogP contribution is -2.53. The Morgan fingerprint density at radius 3 is 2.52 bits per heavy atom. The maximum absolute atomic E-state index is 12.9. The topological polar surface area (TPSA) is 90.8 Å². The van der Waals surface area contributed by atoms with Gasteiger partial charge in [-0.15, -0.1) is 0 Å². The smallest absolute Gasteiger partial charge is 0.407 e. The minimum absolute atomic E-state index is 0.0139. The van der Waals surface area contributed by atoms with Crippen molar-refractivity contribution >= 4 is 32.5 Å². The normalized spacial score (nSPS) is 17.5. The highest BCUT2D eigenvalue weighted by atomic mass is 32.2. The summed E-state index contributed by atoms with van der Waals surface area (Å²) in [6.07, 6.45) is 0.482. The average molecular weight is 411 g/mol. The molecule has 1 aromatic heterocycles. The van der Waals surface area contributed by atoms with Crippen LogP contribution in [0.5, 0.6) is 0 Å². The number of aromatic nitrogens is 1. The minimum Gasteiger partial charge on any atom is -0.465 e. The maximum atomic E-state index is 12.9. The van der Waals surface area contributed by atoms with Crippen molar-refractivity contribution in [2.24, 2.45) is 0 Å². The fourth-order valence-electron chi connectivity index (χ4n) is 3.73. The van der Waals surface area contributed by atoms with E-state index in [1.54, 1.807) is 36.4 Å². The number of piperazine rings is 1. The molecule has 7 nitrogen and oxygen atoms in total. The molecule has 0 bridgehead atoms. The molecule has 1 saturated heterocycles. The number of para-hydroxylation sites is 1. The van der Waals surface area contributed by atoms with Crippen LogP contribution in [0.3, 0.4) is 0 Å². The van der Waals surface area contributed by atoms with Crippen molar-refractivity contribution in [3.63, 3.8) is 0 Å². The van der Waals surface area contributed by atoms with E-state index in [-0.39, 0.29) is 15.8 Å². The van der Waals surface area contributed by atoms with Gasteiger partial charge in [0.15, 0.2) is 0 Å². The van der Waals surface area contributed by atoms with Gasteiger partial charge in [0.05, 0.1) is 21.0 Å². The zero-order valence-electron chi connectivity index (χ0n) is 15.9. The second-order valence-electron chi connectivity index (χ2n) is 7.11. The van der Waals surface area contributed by atoms with Crippen LogP contribution in [-0.2, 0) is 9.84 Å². The first kappa shape index (κ1) is 19.2. The number of rotatable bonds is 3. The van der Waals surface area contributed by atoms with E-state index in [1.165, 1.54) is 11.1 Å². The van der Waals surface area contributed by atoms with Crippen molar-refractivity contribution in [3.8, 4) is 0 Å². The standard InChI is InChI=1S/C21H21N3O4S/c1-15-14-23(21(25)26)10-11-24(15)19-9-5-6-16-12-18(13-22-20(16)19)29(27,28)17-7-3-2-4-8-17/h2-9,12-13,15H,10-11,14H2,1H3,(H,25,26)/t15-/m0/s1. The number of amides is 1. The van der Waals surface area contributed by atoms with E-state index in [1.807, 2.05) is 25.1 Å². The maximum Gasteiger partial charge on any atom is 0.407 e. The highest BCUT2D eigenvalue weighted by molar-refractivity contribution is 7.91. The highest BCUT2D eigenvalue weighted by Gasteiger charge is 2.28. The largest absolute Gasteiger partial charge is 0.465 e. The van der Waals surface area contributed by atoms with Crippen LogP contribution in [0.2, 0.25) is 0 Å². The van der Waals surface area contributed by atoms with Gasteiger partial charge in [-0.05, 0) is 31.2 Å². The third-order valence-corrected chi connectivity index (χ3v) is 6.97. The monoisotopic (exact) mass is 411 g/mol. The Kier molecular flexibility index (Phi) is 4.87. The number of pyridine rings is 1. The Morgan fingerprint density at radius 1 is 1.07 bits per heavy atom. The van der Waals surface area contributed by atoms with Gasteiger partial charge in [-0.3, -0.25) is 4.98 Å². The molecule has 0 spiro atoms. The number of hydrogen-bond acceptors (Lipinski definition) is 5. The lowest BCUT2D eigenvalue weighted by Gasteiger charge is -2.40. The van der Waals surface area contributed by atoms with E-state index in [9.17, 15) is 18.3 Å². The third-order valence-electron chi connectivity index (χ3n) is 5.24. The van der Waals surface area contributed by atoms with Crippen LogP contribution in [0.15, 0.2) is 70.6 Å². The average Bonchev–Trinajstić information content (AvgIpc) is 2.73. The molecule has 4 rings (SSSR count). The van der Waals surface area contributed by atoms with E-state index in [4.69, 9.17) is 0 Å². The van der Waals surface area contributed by atoms with Crippen molar-refractivity contribution in [2.75, 3.05) is 24.5 Å². The van der Waals surface area contributed by atoms with Crippen LogP contribution < -0.4 is 4.90 Å². The zero-order chi connectivity index (χ0) is 20.6. The molecule has 1 aliphatic heterocycles. The van der Waals surface area contributed by atoms with Gasteiger partial charge in [0.2, 0.25) is 9.84 Å². The SMILES string of the molecule is C[C@H]1CN(C(=O)O)CCN1c1cccc2cc(S(=O)(=O)c3ccccc3)cnc12. The van der Waals surface area contributed by atoms with E-state index in [0.717, 1.165) is 11.1 Å². The number of sulfone groups is 1. The molecule has 0 aliphatic carbocycles. The summed E-state index contributed by atoms with van der Waals surface area (Å²) in [5.41, 5.74) is 1.58. The van der Waals surface area contributed by atoms with E-state index >= 15 is 0 Å². The molecule has 29 heavy (non-hydrogen) atoms. The molecule has 2 aromatic carbocycles. The summed E-state index contributed by atoms with van der Waals surface area (Å²) in [5, 5.41) is 9.95. The number of carboxylic acid groups (broad SMARTS) is 1.